The second kappa shape index (κ2) is 7.81. The topological polar surface area (TPSA) is 116 Å². The van der Waals surface area contributed by atoms with Gasteiger partial charge in [0.25, 0.3) is 0 Å². The Morgan fingerprint density at radius 1 is 1.11 bits per heavy atom. The number of rotatable bonds is 6. The Morgan fingerprint density at radius 3 is 2.56 bits per heavy atom. The molecule has 138 valence electrons. The lowest BCUT2D eigenvalue weighted by Gasteiger charge is -2.08. The van der Waals surface area contributed by atoms with Crippen molar-refractivity contribution in [2.24, 2.45) is 4.99 Å². The minimum atomic E-state index is -0.811. The van der Waals surface area contributed by atoms with Gasteiger partial charge in [-0.15, -0.1) is 4.58 Å². The number of carbonyl (C=O) groups excluding carboxylic acids is 3. The zero-order valence-corrected chi connectivity index (χ0v) is 15.0. The van der Waals surface area contributed by atoms with E-state index in [4.69, 9.17) is 0 Å². The molecule has 3 rings (SSSR count). The number of carbonyl (C=O) groups is 3. The lowest BCUT2D eigenvalue weighted by molar-refractivity contribution is -0.139. The van der Waals surface area contributed by atoms with E-state index < -0.39 is 11.8 Å². The minimum Gasteiger partial charge on any atom is -0.348 e. The average molecular weight is 367 g/mol. The van der Waals surface area contributed by atoms with Crippen LogP contribution in [0, 0.1) is 13.8 Å². The maximum atomic E-state index is 12.1. The van der Waals surface area contributed by atoms with Crippen LogP contribution in [-0.2, 0) is 14.4 Å². The van der Waals surface area contributed by atoms with Gasteiger partial charge in [-0.25, -0.2) is 14.8 Å². The van der Waals surface area contributed by atoms with E-state index in [2.05, 4.69) is 25.6 Å². The van der Waals surface area contributed by atoms with Crippen LogP contribution in [0.1, 0.15) is 11.4 Å². The fourth-order valence-electron chi connectivity index (χ4n) is 2.72. The van der Waals surface area contributed by atoms with Crippen molar-refractivity contribution in [2.45, 2.75) is 13.8 Å². The van der Waals surface area contributed by atoms with Crippen LogP contribution in [0.15, 0.2) is 35.3 Å². The van der Waals surface area contributed by atoms with E-state index in [1.54, 1.807) is 24.3 Å². The Bertz CT molecular complexity index is 1030. The van der Waals surface area contributed by atoms with E-state index in [1.807, 2.05) is 19.9 Å². The number of nitrogens with zero attached hydrogens (tertiary/aromatic N) is 4. The number of aromatic nitrogens is 2. The number of hydrogen-bond donors (Lipinski definition) is 2. The van der Waals surface area contributed by atoms with E-state index in [0.29, 0.717) is 16.7 Å². The molecule has 1 aliphatic heterocycles. The summed E-state index contributed by atoms with van der Waals surface area (Å²) in [5, 5.41) is 6.57. The molecule has 0 fully saturated rings. The van der Waals surface area contributed by atoms with Crippen molar-refractivity contribution in [3.8, 4) is 0 Å². The molecule has 9 heteroatoms. The van der Waals surface area contributed by atoms with Crippen LogP contribution >= 0.6 is 0 Å². The van der Waals surface area contributed by atoms with Gasteiger partial charge in [0.15, 0.2) is 6.54 Å². The van der Waals surface area contributed by atoms with Gasteiger partial charge in [-0.05, 0) is 26.0 Å². The highest BCUT2D eigenvalue weighted by molar-refractivity contribution is 6.36. The highest BCUT2D eigenvalue weighted by Crippen LogP contribution is 2.02. The highest BCUT2D eigenvalue weighted by Gasteiger charge is 2.30. The van der Waals surface area contributed by atoms with Crippen LogP contribution in [0.25, 0.3) is 0 Å². The second-order valence-corrected chi connectivity index (χ2v) is 6.04. The Labute approximate surface area is 154 Å². The van der Waals surface area contributed by atoms with E-state index in [1.165, 1.54) is 4.58 Å². The lowest BCUT2D eigenvalue weighted by atomic mass is 10.3. The summed E-state index contributed by atoms with van der Waals surface area (Å²) in [4.78, 5) is 47.9. The summed E-state index contributed by atoms with van der Waals surface area (Å²) in [6.45, 7) is 4.06. The third-order valence-electron chi connectivity index (χ3n) is 3.87. The molecule has 1 aliphatic rings. The largest absolute Gasteiger partial charge is 0.480 e. The first-order valence-electron chi connectivity index (χ1n) is 8.43. The number of anilines is 1. The van der Waals surface area contributed by atoms with E-state index in [-0.39, 0.29) is 25.5 Å². The molecule has 0 unspecified atom stereocenters. The zero-order chi connectivity index (χ0) is 19.4. The molecule has 3 amide bonds. The third kappa shape index (κ3) is 4.38. The van der Waals surface area contributed by atoms with Crippen LogP contribution in [0.3, 0.4) is 0 Å². The molecule has 1 aromatic carbocycles. The SMILES string of the molecule is Cc1cc(C)nc(NCC(=O)NCC[N+]2=c3ccccc3=NC(=O)C2=O)n1. The molecule has 0 saturated carbocycles. The molecule has 0 atom stereocenters. The molecule has 0 saturated heterocycles. The Hall–Kier alpha value is -3.49. The Balaban J connectivity index is 1.59. The molecule has 27 heavy (non-hydrogen) atoms. The first-order valence-corrected chi connectivity index (χ1v) is 8.43. The maximum Gasteiger partial charge on any atom is 0.480 e. The monoisotopic (exact) mass is 367 g/mol. The summed E-state index contributed by atoms with van der Waals surface area (Å²) in [6.07, 6.45) is 0. The summed E-state index contributed by atoms with van der Waals surface area (Å²) in [5.74, 6) is -1.40. The summed E-state index contributed by atoms with van der Waals surface area (Å²) in [7, 11) is 0. The predicted octanol–water partition coefficient (Wildman–Crippen LogP) is -1.50. The van der Waals surface area contributed by atoms with E-state index >= 15 is 0 Å². The standard InChI is InChI=1S/C18H18N6O3/c1-11-9-12(2)22-18(21-11)20-10-15(25)19-7-8-24-14-6-4-3-5-13(14)23-16(26)17(24)27/h3-6,9H,7-8,10H2,1-2H3,(H-,19,20,21,22,25)/p+1. The molecule has 1 aromatic heterocycles. The number of amides is 3. The maximum absolute atomic E-state index is 12.1. The fraction of sp³-hybridized carbons (Fsp3) is 0.278. The van der Waals surface area contributed by atoms with Crippen molar-refractivity contribution in [1.29, 1.82) is 0 Å². The van der Waals surface area contributed by atoms with Gasteiger partial charge in [-0.2, -0.15) is 4.99 Å². The summed E-state index contributed by atoms with van der Waals surface area (Å²) in [5.41, 5.74) is 1.62. The number of fused-ring (bicyclic) bond motifs is 1. The zero-order valence-electron chi connectivity index (χ0n) is 15.0. The van der Waals surface area contributed by atoms with Gasteiger partial charge in [0.05, 0.1) is 13.1 Å². The van der Waals surface area contributed by atoms with Gasteiger partial charge in [0, 0.05) is 17.5 Å². The molecule has 2 heterocycles. The summed E-state index contributed by atoms with van der Waals surface area (Å²) < 4.78 is 1.32. The van der Waals surface area contributed by atoms with Gasteiger partial charge < -0.3 is 10.6 Å². The average Bonchev–Trinajstić information content (AvgIpc) is 2.62. The first kappa shape index (κ1) is 18.3. The van der Waals surface area contributed by atoms with Gasteiger partial charge in [0.2, 0.25) is 17.2 Å². The molecule has 2 aromatic rings. The molecule has 0 radical (unpaired) electrons. The molecular weight excluding hydrogens is 348 g/mol. The van der Waals surface area contributed by atoms with Crippen LogP contribution in [0.5, 0.6) is 0 Å². The third-order valence-corrected chi connectivity index (χ3v) is 3.87. The minimum absolute atomic E-state index is 0.00168. The second-order valence-electron chi connectivity index (χ2n) is 6.04. The Morgan fingerprint density at radius 2 is 1.81 bits per heavy atom. The smallest absolute Gasteiger partial charge is 0.348 e. The van der Waals surface area contributed by atoms with Gasteiger partial charge in [0.1, 0.15) is 5.36 Å². The van der Waals surface area contributed by atoms with Gasteiger partial charge in [-0.1, -0.05) is 12.1 Å². The number of aryl methyl sites for hydroxylation is 2. The van der Waals surface area contributed by atoms with E-state index in [9.17, 15) is 14.4 Å². The number of hydrogen-bond acceptors (Lipinski definition) is 6. The van der Waals surface area contributed by atoms with Crippen molar-refractivity contribution in [2.75, 3.05) is 25.0 Å². The normalized spacial score (nSPS) is 13.0. The van der Waals surface area contributed by atoms with E-state index in [0.717, 1.165) is 11.4 Å². The molecule has 0 bridgehead atoms. The van der Waals surface area contributed by atoms with Crippen molar-refractivity contribution in [1.82, 2.24) is 19.9 Å². The van der Waals surface area contributed by atoms with Crippen LogP contribution < -0.4 is 25.9 Å². The number of para-hydroxylation sites is 2. The van der Waals surface area contributed by atoms with Crippen LogP contribution in [-0.4, -0.2) is 47.3 Å². The lowest BCUT2D eigenvalue weighted by Crippen LogP contribution is -2.52. The Kier molecular flexibility index (Phi) is 5.30. The molecule has 0 spiro atoms. The van der Waals surface area contributed by atoms with Gasteiger partial charge in [-0.3, -0.25) is 9.59 Å². The molecule has 0 aliphatic carbocycles. The highest BCUT2D eigenvalue weighted by atomic mass is 16.2. The molecular formula is C18H19N6O3+. The number of benzene rings is 1. The summed E-state index contributed by atoms with van der Waals surface area (Å²) in [6, 6.07) is 8.72. The van der Waals surface area contributed by atoms with Crippen molar-refractivity contribution < 1.29 is 14.4 Å². The van der Waals surface area contributed by atoms with Crippen LogP contribution in [0.4, 0.5) is 5.95 Å². The fourth-order valence-corrected chi connectivity index (χ4v) is 2.72. The molecule has 9 nitrogen and oxygen atoms in total. The first-order chi connectivity index (χ1) is 12.9. The van der Waals surface area contributed by atoms with Crippen LogP contribution in [0.2, 0.25) is 0 Å². The van der Waals surface area contributed by atoms with Crippen molar-refractivity contribution >= 4 is 23.7 Å². The van der Waals surface area contributed by atoms with Crippen molar-refractivity contribution in [3.05, 3.63) is 52.4 Å². The quantitative estimate of drug-likeness (QED) is 0.474. The number of nitrogens with one attached hydrogen (secondary N) is 2. The predicted molar refractivity (Wildman–Crippen MR) is 96.3 cm³/mol. The van der Waals surface area contributed by atoms with Crippen molar-refractivity contribution in [3.63, 3.8) is 0 Å². The molecule has 2 N–H and O–H groups in total. The summed E-state index contributed by atoms with van der Waals surface area (Å²) >= 11 is 0. The van der Waals surface area contributed by atoms with Gasteiger partial charge >= 0.3 is 11.8 Å².